The molecule has 0 radical (unpaired) electrons. The Morgan fingerprint density at radius 3 is 3.00 bits per heavy atom. The van der Waals surface area contributed by atoms with Gasteiger partial charge in [0.1, 0.15) is 0 Å². The summed E-state index contributed by atoms with van der Waals surface area (Å²) in [7, 11) is 1.79. The molecular formula is C7H14N4O2. The molecule has 0 fully saturated rings. The Morgan fingerprint density at radius 1 is 1.69 bits per heavy atom. The van der Waals surface area contributed by atoms with Crippen molar-refractivity contribution in [3.8, 4) is 0 Å². The van der Waals surface area contributed by atoms with Crippen molar-refractivity contribution in [2.45, 2.75) is 12.6 Å². The molecule has 0 amide bonds. The van der Waals surface area contributed by atoms with E-state index in [0.29, 0.717) is 13.1 Å². The SMILES string of the molecule is Cn1cc(CNCC(O)CO)nn1. The van der Waals surface area contributed by atoms with Crippen molar-refractivity contribution in [1.29, 1.82) is 0 Å². The molecule has 1 aromatic heterocycles. The zero-order valence-electron chi connectivity index (χ0n) is 7.51. The minimum atomic E-state index is -0.711. The van der Waals surface area contributed by atoms with Crippen LogP contribution >= 0.6 is 0 Å². The van der Waals surface area contributed by atoms with Crippen LogP contribution < -0.4 is 5.32 Å². The molecule has 0 spiro atoms. The smallest absolute Gasteiger partial charge is 0.0964 e. The van der Waals surface area contributed by atoms with Crippen LogP contribution in [0.25, 0.3) is 0 Å². The third-order valence-corrected chi connectivity index (χ3v) is 1.55. The number of aliphatic hydroxyl groups excluding tert-OH is 2. The molecule has 1 unspecified atom stereocenters. The number of nitrogens with one attached hydrogen (secondary N) is 1. The molecule has 6 heteroatoms. The monoisotopic (exact) mass is 186 g/mol. The van der Waals surface area contributed by atoms with Crippen molar-refractivity contribution in [2.24, 2.45) is 7.05 Å². The van der Waals surface area contributed by atoms with E-state index >= 15 is 0 Å². The maximum absolute atomic E-state index is 8.99. The van der Waals surface area contributed by atoms with Gasteiger partial charge in [0.15, 0.2) is 0 Å². The molecule has 0 aliphatic rings. The van der Waals surface area contributed by atoms with Crippen molar-refractivity contribution in [2.75, 3.05) is 13.2 Å². The van der Waals surface area contributed by atoms with Gasteiger partial charge >= 0.3 is 0 Å². The largest absolute Gasteiger partial charge is 0.394 e. The fourth-order valence-corrected chi connectivity index (χ4v) is 0.908. The van der Waals surface area contributed by atoms with E-state index in [-0.39, 0.29) is 6.61 Å². The average Bonchev–Trinajstić information content (AvgIpc) is 2.51. The summed E-state index contributed by atoms with van der Waals surface area (Å²) in [6, 6.07) is 0. The summed E-state index contributed by atoms with van der Waals surface area (Å²) in [4.78, 5) is 0. The van der Waals surface area contributed by atoms with Gasteiger partial charge in [0.05, 0.1) is 18.4 Å². The predicted molar refractivity (Wildman–Crippen MR) is 45.8 cm³/mol. The molecule has 0 saturated heterocycles. The fraction of sp³-hybridized carbons (Fsp3) is 0.714. The third-order valence-electron chi connectivity index (χ3n) is 1.55. The Hall–Kier alpha value is -0.980. The maximum atomic E-state index is 8.99. The van der Waals surface area contributed by atoms with Crippen LogP contribution in [0.2, 0.25) is 0 Å². The highest BCUT2D eigenvalue weighted by Crippen LogP contribution is 1.89. The molecule has 0 aromatic carbocycles. The van der Waals surface area contributed by atoms with E-state index in [2.05, 4.69) is 15.6 Å². The molecule has 3 N–H and O–H groups in total. The van der Waals surface area contributed by atoms with E-state index < -0.39 is 6.10 Å². The number of aryl methyl sites for hydroxylation is 1. The van der Waals surface area contributed by atoms with Gasteiger partial charge in [-0.3, -0.25) is 4.68 Å². The lowest BCUT2D eigenvalue weighted by Gasteiger charge is -2.06. The first-order chi connectivity index (χ1) is 6.22. The fourth-order valence-electron chi connectivity index (χ4n) is 0.908. The molecule has 13 heavy (non-hydrogen) atoms. The minimum absolute atomic E-state index is 0.229. The zero-order valence-corrected chi connectivity index (χ0v) is 7.51. The standard InChI is InChI=1S/C7H14N4O2/c1-11-4-6(9-10-11)2-8-3-7(13)5-12/h4,7-8,12-13H,2-3,5H2,1H3. The number of aromatic nitrogens is 3. The van der Waals surface area contributed by atoms with Gasteiger partial charge in [0.25, 0.3) is 0 Å². The summed E-state index contributed by atoms with van der Waals surface area (Å²) >= 11 is 0. The zero-order chi connectivity index (χ0) is 9.68. The van der Waals surface area contributed by atoms with Crippen LogP contribution in [0.5, 0.6) is 0 Å². The summed E-state index contributed by atoms with van der Waals surface area (Å²) in [5.41, 5.74) is 0.813. The second-order valence-electron chi connectivity index (χ2n) is 2.85. The van der Waals surface area contributed by atoms with Crippen LogP contribution in [-0.2, 0) is 13.6 Å². The van der Waals surface area contributed by atoms with Crippen LogP contribution in [-0.4, -0.2) is 44.5 Å². The van der Waals surface area contributed by atoms with Gasteiger partial charge in [-0.05, 0) is 0 Å². The first-order valence-corrected chi connectivity index (χ1v) is 4.07. The minimum Gasteiger partial charge on any atom is -0.394 e. The maximum Gasteiger partial charge on any atom is 0.0964 e. The molecule has 0 aliphatic carbocycles. The molecule has 1 rings (SSSR count). The van der Waals surface area contributed by atoms with E-state index in [9.17, 15) is 0 Å². The van der Waals surface area contributed by atoms with E-state index in [1.54, 1.807) is 17.9 Å². The van der Waals surface area contributed by atoms with Crippen molar-refractivity contribution < 1.29 is 10.2 Å². The van der Waals surface area contributed by atoms with Crippen LogP contribution in [0, 0.1) is 0 Å². The van der Waals surface area contributed by atoms with Crippen LogP contribution in [0.15, 0.2) is 6.20 Å². The Labute approximate surface area is 76.2 Å². The first kappa shape index (κ1) is 10.1. The van der Waals surface area contributed by atoms with Gasteiger partial charge in [-0.1, -0.05) is 5.21 Å². The van der Waals surface area contributed by atoms with Gasteiger partial charge in [0, 0.05) is 26.3 Å². The average molecular weight is 186 g/mol. The first-order valence-electron chi connectivity index (χ1n) is 4.07. The molecule has 0 aliphatic heterocycles. The normalized spacial score (nSPS) is 13.2. The number of aliphatic hydroxyl groups is 2. The van der Waals surface area contributed by atoms with Gasteiger partial charge in [-0.15, -0.1) is 5.10 Å². The molecular weight excluding hydrogens is 172 g/mol. The van der Waals surface area contributed by atoms with Crippen molar-refractivity contribution in [1.82, 2.24) is 20.3 Å². The second kappa shape index (κ2) is 4.90. The lowest BCUT2D eigenvalue weighted by molar-refractivity contribution is 0.0941. The summed E-state index contributed by atoms with van der Waals surface area (Å²) in [5.74, 6) is 0. The second-order valence-corrected chi connectivity index (χ2v) is 2.85. The van der Waals surface area contributed by atoms with Gasteiger partial charge in [-0.2, -0.15) is 0 Å². The number of nitrogens with zero attached hydrogens (tertiary/aromatic N) is 3. The van der Waals surface area contributed by atoms with E-state index in [1.165, 1.54) is 0 Å². The van der Waals surface area contributed by atoms with Crippen molar-refractivity contribution in [3.63, 3.8) is 0 Å². The molecule has 1 heterocycles. The molecule has 74 valence electrons. The number of hydrogen-bond acceptors (Lipinski definition) is 5. The Balaban J connectivity index is 2.20. The highest BCUT2D eigenvalue weighted by Gasteiger charge is 2.01. The summed E-state index contributed by atoms with van der Waals surface area (Å²) < 4.78 is 1.61. The van der Waals surface area contributed by atoms with Crippen molar-refractivity contribution in [3.05, 3.63) is 11.9 Å². The van der Waals surface area contributed by atoms with Crippen molar-refractivity contribution >= 4 is 0 Å². The quantitative estimate of drug-likeness (QED) is 0.508. The Kier molecular flexibility index (Phi) is 3.81. The Morgan fingerprint density at radius 2 is 2.46 bits per heavy atom. The Bertz CT molecular complexity index is 250. The van der Waals surface area contributed by atoms with E-state index in [0.717, 1.165) is 5.69 Å². The van der Waals surface area contributed by atoms with E-state index in [1.807, 2.05) is 0 Å². The van der Waals surface area contributed by atoms with Crippen LogP contribution in [0.3, 0.4) is 0 Å². The topological polar surface area (TPSA) is 83.2 Å². The van der Waals surface area contributed by atoms with Gasteiger partial charge < -0.3 is 15.5 Å². The van der Waals surface area contributed by atoms with Gasteiger partial charge in [-0.25, -0.2) is 0 Å². The van der Waals surface area contributed by atoms with Crippen LogP contribution in [0.4, 0.5) is 0 Å². The summed E-state index contributed by atoms with van der Waals surface area (Å²) in [6.07, 6.45) is 1.08. The van der Waals surface area contributed by atoms with Gasteiger partial charge in [0.2, 0.25) is 0 Å². The molecule has 0 bridgehead atoms. The summed E-state index contributed by atoms with van der Waals surface area (Å²) in [5, 5.41) is 28.0. The predicted octanol–water partition coefficient (Wildman–Crippen LogP) is -1.74. The summed E-state index contributed by atoms with van der Waals surface area (Å²) in [6.45, 7) is 0.672. The molecule has 6 nitrogen and oxygen atoms in total. The molecule has 0 saturated carbocycles. The number of rotatable bonds is 5. The highest BCUT2D eigenvalue weighted by atomic mass is 16.3. The lowest BCUT2D eigenvalue weighted by Crippen LogP contribution is -2.29. The van der Waals surface area contributed by atoms with Crippen LogP contribution in [0.1, 0.15) is 5.69 Å². The molecule has 1 atom stereocenters. The highest BCUT2D eigenvalue weighted by molar-refractivity contribution is 4.90. The molecule has 1 aromatic rings. The lowest BCUT2D eigenvalue weighted by atomic mass is 10.3. The third kappa shape index (κ3) is 3.49. The number of hydrogen-bond donors (Lipinski definition) is 3. The van der Waals surface area contributed by atoms with E-state index in [4.69, 9.17) is 10.2 Å².